The van der Waals surface area contributed by atoms with Crippen molar-refractivity contribution in [3.05, 3.63) is 42.3 Å². The predicted molar refractivity (Wildman–Crippen MR) is 75.3 cm³/mol. The molecule has 1 aliphatic heterocycles. The van der Waals surface area contributed by atoms with Crippen LogP contribution in [0.15, 0.2) is 37.1 Å². The van der Waals surface area contributed by atoms with E-state index in [2.05, 4.69) is 20.5 Å². The van der Waals surface area contributed by atoms with Crippen LogP contribution in [-0.2, 0) is 4.84 Å². The van der Waals surface area contributed by atoms with Gasteiger partial charge in [-0.15, -0.1) is 10.3 Å². The van der Waals surface area contributed by atoms with Gasteiger partial charge in [-0.3, -0.25) is 5.43 Å². The molecule has 3 rings (SSSR count). The maximum absolute atomic E-state index is 5.93. The second-order valence-electron chi connectivity index (χ2n) is 3.93. The zero-order chi connectivity index (χ0) is 14.7. The number of ether oxygens (including phenoxy) is 1. The van der Waals surface area contributed by atoms with Gasteiger partial charge in [0.25, 0.3) is 0 Å². The van der Waals surface area contributed by atoms with Gasteiger partial charge in [0.15, 0.2) is 5.82 Å². The lowest BCUT2D eigenvalue weighted by Gasteiger charge is -2.09. The van der Waals surface area contributed by atoms with Crippen molar-refractivity contribution in [2.24, 2.45) is 0 Å². The van der Waals surface area contributed by atoms with Crippen LogP contribution in [0.2, 0.25) is 5.15 Å². The molecule has 21 heavy (non-hydrogen) atoms. The Balaban J connectivity index is 1.79. The number of methoxy groups -OCH3 is 1. The van der Waals surface area contributed by atoms with E-state index in [0.29, 0.717) is 16.9 Å². The Bertz CT molecular complexity index is 691. The van der Waals surface area contributed by atoms with Crippen LogP contribution in [-0.4, -0.2) is 32.0 Å². The molecular formula is C12H11ClN6O2. The molecule has 0 amide bonds. The standard InChI is InChI=1S/C12H11ClN6O2/c1-20-11-7-9(6-10(13)16-11)12-14-8-18(17-12)3-4-19-15-2-5-21-19/h2-8,15H,1H3/b4-3-. The normalized spacial score (nSPS) is 13.5. The molecule has 0 aliphatic carbocycles. The summed E-state index contributed by atoms with van der Waals surface area (Å²) < 4.78 is 6.61. The molecule has 0 radical (unpaired) electrons. The monoisotopic (exact) mass is 306 g/mol. The lowest BCUT2D eigenvalue weighted by Crippen LogP contribution is -2.21. The van der Waals surface area contributed by atoms with E-state index in [1.165, 1.54) is 18.5 Å². The minimum absolute atomic E-state index is 0.317. The zero-order valence-corrected chi connectivity index (χ0v) is 11.7. The van der Waals surface area contributed by atoms with Crippen molar-refractivity contribution in [3.63, 3.8) is 0 Å². The van der Waals surface area contributed by atoms with Gasteiger partial charge in [0.2, 0.25) is 5.88 Å². The molecular weight excluding hydrogens is 296 g/mol. The summed E-state index contributed by atoms with van der Waals surface area (Å²) in [7, 11) is 1.52. The molecule has 0 saturated heterocycles. The first-order valence-corrected chi connectivity index (χ1v) is 6.31. The van der Waals surface area contributed by atoms with E-state index < -0.39 is 0 Å². The summed E-state index contributed by atoms with van der Waals surface area (Å²) in [6.07, 6.45) is 8.07. The number of nitrogens with one attached hydrogen (secondary N) is 1. The van der Waals surface area contributed by atoms with E-state index in [1.54, 1.807) is 41.7 Å². The highest BCUT2D eigenvalue weighted by atomic mass is 35.5. The van der Waals surface area contributed by atoms with Crippen molar-refractivity contribution in [1.29, 1.82) is 0 Å². The Morgan fingerprint density at radius 2 is 2.29 bits per heavy atom. The summed E-state index contributed by atoms with van der Waals surface area (Å²) >= 11 is 5.93. The molecule has 0 unspecified atom stereocenters. The highest BCUT2D eigenvalue weighted by Gasteiger charge is 2.08. The average Bonchev–Trinajstić information content (AvgIpc) is 3.15. The maximum atomic E-state index is 5.93. The molecule has 1 aliphatic rings. The molecule has 8 nitrogen and oxygen atoms in total. The highest BCUT2D eigenvalue weighted by Crippen LogP contribution is 2.22. The summed E-state index contributed by atoms with van der Waals surface area (Å²) in [6.45, 7) is 0. The molecule has 0 spiro atoms. The van der Waals surface area contributed by atoms with Crippen molar-refractivity contribution in [3.8, 4) is 17.3 Å². The summed E-state index contributed by atoms with van der Waals surface area (Å²) in [5.41, 5.74) is 3.55. The van der Waals surface area contributed by atoms with Crippen LogP contribution in [0.3, 0.4) is 0 Å². The van der Waals surface area contributed by atoms with Crippen molar-refractivity contribution >= 4 is 17.8 Å². The van der Waals surface area contributed by atoms with Gasteiger partial charge >= 0.3 is 0 Å². The molecule has 108 valence electrons. The summed E-state index contributed by atoms with van der Waals surface area (Å²) in [4.78, 5) is 13.3. The topological polar surface area (TPSA) is 77.3 Å². The number of hydrogen-bond acceptors (Lipinski definition) is 7. The molecule has 3 heterocycles. The quantitative estimate of drug-likeness (QED) is 0.861. The van der Waals surface area contributed by atoms with Gasteiger partial charge < -0.3 is 9.57 Å². The van der Waals surface area contributed by atoms with Gasteiger partial charge in [-0.1, -0.05) is 11.6 Å². The molecule has 0 fully saturated rings. The van der Waals surface area contributed by atoms with Gasteiger partial charge in [-0.05, 0) is 6.07 Å². The maximum Gasteiger partial charge on any atom is 0.215 e. The third kappa shape index (κ3) is 3.06. The van der Waals surface area contributed by atoms with Crippen LogP contribution in [0.25, 0.3) is 17.6 Å². The first kappa shape index (κ1) is 13.3. The van der Waals surface area contributed by atoms with Crippen molar-refractivity contribution in [2.45, 2.75) is 0 Å². The fraction of sp³-hybridized carbons (Fsp3) is 0.0833. The van der Waals surface area contributed by atoms with Crippen molar-refractivity contribution < 1.29 is 9.57 Å². The lowest BCUT2D eigenvalue weighted by molar-refractivity contribution is -0.0635. The molecule has 0 aromatic carbocycles. The van der Waals surface area contributed by atoms with Crippen LogP contribution in [0, 0.1) is 0 Å². The fourth-order valence-electron chi connectivity index (χ4n) is 1.62. The third-order valence-corrected chi connectivity index (χ3v) is 2.74. The predicted octanol–water partition coefficient (Wildman–Crippen LogP) is 1.65. The average molecular weight is 307 g/mol. The van der Waals surface area contributed by atoms with Gasteiger partial charge in [0.05, 0.1) is 25.7 Å². The van der Waals surface area contributed by atoms with Crippen LogP contribution in [0.4, 0.5) is 0 Å². The Morgan fingerprint density at radius 1 is 1.38 bits per heavy atom. The third-order valence-electron chi connectivity index (χ3n) is 2.55. The number of nitrogens with zero attached hydrogens (tertiary/aromatic N) is 5. The van der Waals surface area contributed by atoms with Gasteiger partial charge in [0.1, 0.15) is 17.7 Å². The van der Waals surface area contributed by atoms with E-state index in [4.69, 9.17) is 21.2 Å². The van der Waals surface area contributed by atoms with Crippen LogP contribution in [0.1, 0.15) is 0 Å². The first-order chi connectivity index (χ1) is 10.2. The summed E-state index contributed by atoms with van der Waals surface area (Å²) in [5, 5.41) is 6.03. The number of pyridine rings is 1. The Hall–Kier alpha value is -2.74. The molecule has 1 N–H and O–H groups in total. The van der Waals surface area contributed by atoms with Gasteiger partial charge in [-0.25, -0.2) is 14.6 Å². The zero-order valence-electron chi connectivity index (χ0n) is 11.0. The Labute approximate surface area is 125 Å². The number of hydrazine groups is 1. The van der Waals surface area contributed by atoms with Crippen molar-refractivity contribution in [1.82, 2.24) is 30.3 Å². The van der Waals surface area contributed by atoms with E-state index in [9.17, 15) is 0 Å². The van der Waals surface area contributed by atoms with E-state index >= 15 is 0 Å². The van der Waals surface area contributed by atoms with Gasteiger partial charge in [0, 0.05) is 11.6 Å². The van der Waals surface area contributed by atoms with Crippen LogP contribution < -0.4 is 10.2 Å². The SMILES string of the molecule is COc1cc(-c2ncn(/C=C\N3NC=CO3)n2)cc(Cl)n1. The summed E-state index contributed by atoms with van der Waals surface area (Å²) in [5.74, 6) is 0.917. The lowest BCUT2D eigenvalue weighted by atomic mass is 10.2. The summed E-state index contributed by atoms with van der Waals surface area (Å²) in [6, 6.07) is 3.38. The van der Waals surface area contributed by atoms with E-state index in [-0.39, 0.29) is 0 Å². The molecule has 9 heteroatoms. The molecule has 0 bridgehead atoms. The number of hydrogen-bond donors (Lipinski definition) is 1. The van der Waals surface area contributed by atoms with Crippen molar-refractivity contribution in [2.75, 3.05) is 7.11 Å². The first-order valence-electron chi connectivity index (χ1n) is 5.93. The fourth-order valence-corrected chi connectivity index (χ4v) is 1.82. The van der Waals surface area contributed by atoms with E-state index in [1.807, 2.05) is 0 Å². The smallest absolute Gasteiger partial charge is 0.215 e. The minimum Gasteiger partial charge on any atom is -0.481 e. The molecule has 2 aromatic rings. The second-order valence-corrected chi connectivity index (χ2v) is 4.32. The number of aromatic nitrogens is 4. The largest absolute Gasteiger partial charge is 0.481 e. The van der Waals surface area contributed by atoms with Gasteiger partial charge in [-0.2, -0.15) is 0 Å². The molecule has 0 saturated carbocycles. The number of hydroxylamine groups is 1. The number of rotatable bonds is 4. The van der Waals surface area contributed by atoms with E-state index in [0.717, 1.165) is 5.56 Å². The molecule has 2 aromatic heterocycles. The minimum atomic E-state index is 0.317. The van der Waals surface area contributed by atoms with Crippen LogP contribution in [0.5, 0.6) is 5.88 Å². The highest BCUT2D eigenvalue weighted by molar-refractivity contribution is 6.29. The van der Waals surface area contributed by atoms with Crippen LogP contribution >= 0.6 is 11.6 Å². The second kappa shape index (κ2) is 5.71. The molecule has 0 atom stereocenters. The Kier molecular flexibility index (Phi) is 3.61. The number of halogens is 1. The Morgan fingerprint density at radius 3 is 3.05 bits per heavy atom.